The van der Waals surface area contributed by atoms with Crippen LogP contribution in [0.3, 0.4) is 0 Å². The Balaban J connectivity index is 2.30. The summed E-state index contributed by atoms with van der Waals surface area (Å²) in [6, 6.07) is 3.68. The van der Waals surface area contributed by atoms with Crippen LogP contribution < -0.4 is 16.4 Å². The molecule has 1 fully saturated rings. The Kier molecular flexibility index (Phi) is 2.94. The molecule has 100 valence electrons. The minimum absolute atomic E-state index is 0.0489. The van der Waals surface area contributed by atoms with Crippen LogP contribution in [-0.2, 0) is 0 Å². The molecule has 1 aliphatic rings. The molecule has 0 aromatic carbocycles. The highest BCUT2D eigenvalue weighted by atomic mass is 16.2. The third kappa shape index (κ3) is 2.08. The Morgan fingerprint density at radius 1 is 1.26 bits per heavy atom. The Labute approximate surface area is 109 Å². The van der Waals surface area contributed by atoms with Crippen molar-refractivity contribution in [1.82, 2.24) is 19.9 Å². The Morgan fingerprint density at radius 2 is 2.00 bits per heavy atom. The smallest absolute Gasteiger partial charge is 0.317 e. The average Bonchev–Trinajstić information content (AvgIpc) is 2.42. The van der Waals surface area contributed by atoms with Gasteiger partial charge in [-0.25, -0.2) is 4.98 Å². The highest BCUT2D eigenvalue weighted by molar-refractivity contribution is 5.70. The van der Waals surface area contributed by atoms with Crippen molar-refractivity contribution in [3.05, 3.63) is 38.5 Å². The van der Waals surface area contributed by atoms with Crippen LogP contribution in [0.15, 0.2) is 21.7 Å². The summed E-state index contributed by atoms with van der Waals surface area (Å²) in [4.78, 5) is 30.9. The Hall–Kier alpha value is -1.95. The van der Waals surface area contributed by atoms with E-state index >= 15 is 0 Å². The number of pyridine rings is 1. The predicted octanol–water partition coefficient (Wildman–Crippen LogP) is 0.318. The zero-order chi connectivity index (χ0) is 13.4. The molecule has 0 aliphatic carbocycles. The molecular weight excluding hydrogens is 244 g/mol. The number of nitrogens with zero attached hydrogens (tertiary/aromatic N) is 2. The van der Waals surface area contributed by atoms with Gasteiger partial charge >= 0.3 is 11.1 Å². The molecule has 0 radical (unpaired) electrons. The van der Waals surface area contributed by atoms with Gasteiger partial charge in [0.05, 0.1) is 5.52 Å². The fourth-order valence-corrected chi connectivity index (χ4v) is 2.61. The molecule has 2 aromatic rings. The first-order valence-electron chi connectivity index (χ1n) is 6.50. The summed E-state index contributed by atoms with van der Waals surface area (Å²) in [5.41, 5.74) is 0.959. The van der Waals surface area contributed by atoms with Crippen molar-refractivity contribution in [3.63, 3.8) is 0 Å². The van der Waals surface area contributed by atoms with Crippen molar-refractivity contribution in [2.24, 2.45) is 0 Å². The molecule has 1 aliphatic heterocycles. The van der Waals surface area contributed by atoms with Crippen molar-refractivity contribution in [3.8, 4) is 0 Å². The summed E-state index contributed by atoms with van der Waals surface area (Å²) in [6.07, 6.45) is 1.68. The van der Waals surface area contributed by atoms with E-state index in [0.717, 1.165) is 31.6 Å². The number of aromatic amines is 1. The lowest BCUT2D eigenvalue weighted by Crippen LogP contribution is -2.41. The van der Waals surface area contributed by atoms with E-state index in [1.54, 1.807) is 10.6 Å². The van der Waals surface area contributed by atoms with Crippen LogP contribution in [-0.4, -0.2) is 27.6 Å². The van der Waals surface area contributed by atoms with Gasteiger partial charge in [-0.1, -0.05) is 0 Å². The largest absolute Gasteiger partial charge is 0.318 e. The lowest BCUT2D eigenvalue weighted by Gasteiger charge is -2.25. The Bertz CT molecular complexity index is 725. The zero-order valence-electron chi connectivity index (χ0n) is 10.8. The molecule has 2 N–H and O–H groups in total. The van der Waals surface area contributed by atoms with Crippen molar-refractivity contribution < 1.29 is 0 Å². The molecule has 0 amide bonds. The van der Waals surface area contributed by atoms with Gasteiger partial charge in [0.25, 0.3) is 0 Å². The normalized spacial score (nSPS) is 16.9. The maximum absolute atomic E-state index is 12.2. The van der Waals surface area contributed by atoms with Crippen LogP contribution in [0.25, 0.3) is 11.2 Å². The minimum Gasteiger partial charge on any atom is -0.317 e. The van der Waals surface area contributed by atoms with Gasteiger partial charge in [0.2, 0.25) is 0 Å². The summed E-state index contributed by atoms with van der Waals surface area (Å²) in [7, 11) is 0. The van der Waals surface area contributed by atoms with Crippen LogP contribution >= 0.6 is 0 Å². The zero-order valence-corrected chi connectivity index (χ0v) is 10.8. The molecule has 6 heteroatoms. The second-order valence-corrected chi connectivity index (χ2v) is 4.93. The van der Waals surface area contributed by atoms with E-state index in [9.17, 15) is 9.59 Å². The second-order valence-electron chi connectivity index (χ2n) is 4.93. The number of rotatable bonds is 1. The lowest BCUT2D eigenvalue weighted by atomic mass is 10.1. The summed E-state index contributed by atoms with van der Waals surface area (Å²) in [6.45, 7) is 3.59. The number of fused-ring (bicyclic) bond motifs is 1. The number of aryl methyl sites for hydroxylation is 1. The lowest BCUT2D eigenvalue weighted by molar-refractivity contribution is 0.366. The van der Waals surface area contributed by atoms with E-state index in [2.05, 4.69) is 15.3 Å². The summed E-state index contributed by atoms with van der Waals surface area (Å²) >= 11 is 0. The summed E-state index contributed by atoms with van der Waals surface area (Å²) < 4.78 is 1.57. The van der Waals surface area contributed by atoms with Gasteiger partial charge in [-0.05, 0) is 45.0 Å². The van der Waals surface area contributed by atoms with Gasteiger partial charge in [-0.3, -0.25) is 14.2 Å². The van der Waals surface area contributed by atoms with E-state index in [-0.39, 0.29) is 6.04 Å². The van der Waals surface area contributed by atoms with Gasteiger partial charge in [-0.2, -0.15) is 0 Å². The molecule has 3 heterocycles. The van der Waals surface area contributed by atoms with Gasteiger partial charge in [-0.15, -0.1) is 0 Å². The molecule has 19 heavy (non-hydrogen) atoms. The first-order chi connectivity index (χ1) is 9.16. The molecule has 0 saturated carbocycles. The maximum atomic E-state index is 12.2. The standard InChI is InChI=1S/C13H16N4O2/c1-8-2-3-10-11(15-8)17(13(19)12(18)16-10)9-4-6-14-7-5-9/h2-3,9,14H,4-7H2,1H3,(H,16,18). The van der Waals surface area contributed by atoms with Crippen LogP contribution in [0.5, 0.6) is 0 Å². The highest BCUT2D eigenvalue weighted by Gasteiger charge is 2.20. The first-order valence-corrected chi connectivity index (χ1v) is 6.50. The van der Waals surface area contributed by atoms with Crippen LogP contribution in [0.1, 0.15) is 24.6 Å². The van der Waals surface area contributed by atoms with Gasteiger partial charge < -0.3 is 10.3 Å². The van der Waals surface area contributed by atoms with E-state index in [1.165, 1.54) is 0 Å². The first kappa shape index (κ1) is 12.1. The number of hydrogen-bond acceptors (Lipinski definition) is 4. The van der Waals surface area contributed by atoms with E-state index in [0.29, 0.717) is 11.2 Å². The molecule has 2 aromatic heterocycles. The molecule has 0 unspecified atom stereocenters. The monoisotopic (exact) mass is 260 g/mol. The highest BCUT2D eigenvalue weighted by Crippen LogP contribution is 2.19. The van der Waals surface area contributed by atoms with Crippen LogP contribution in [0.4, 0.5) is 0 Å². The maximum Gasteiger partial charge on any atom is 0.318 e. The number of H-pyrrole nitrogens is 1. The molecule has 0 spiro atoms. The summed E-state index contributed by atoms with van der Waals surface area (Å²) in [5, 5.41) is 3.26. The number of piperidine rings is 1. The van der Waals surface area contributed by atoms with Crippen molar-refractivity contribution >= 4 is 11.2 Å². The number of nitrogens with one attached hydrogen (secondary N) is 2. The molecule has 3 rings (SSSR count). The van der Waals surface area contributed by atoms with E-state index < -0.39 is 11.1 Å². The van der Waals surface area contributed by atoms with E-state index in [1.807, 2.05) is 13.0 Å². The van der Waals surface area contributed by atoms with Gasteiger partial charge in [0, 0.05) is 11.7 Å². The SMILES string of the molecule is Cc1ccc2[nH]c(=O)c(=O)n(C3CCNCC3)c2n1. The average molecular weight is 260 g/mol. The third-order valence-electron chi connectivity index (χ3n) is 3.58. The molecule has 0 bridgehead atoms. The quantitative estimate of drug-likeness (QED) is 0.724. The number of aromatic nitrogens is 3. The fourth-order valence-electron chi connectivity index (χ4n) is 2.61. The molecular formula is C13H16N4O2. The summed E-state index contributed by atoms with van der Waals surface area (Å²) in [5.74, 6) is 0. The van der Waals surface area contributed by atoms with Crippen molar-refractivity contribution in [2.45, 2.75) is 25.8 Å². The van der Waals surface area contributed by atoms with Gasteiger partial charge in [0.15, 0.2) is 5.65 Å². The van der Waals surface area contributed by atoms with Crippen LogP contribution in [0.2, 0.25) is 0 Å². The second kappa shape index (κ2) is 4.62. The number of hydrogen-bond donors (Lipinski definition) is 2. The van der Waals surface area contributed by atoms with E-state index in [4.69, 9.17) is 0 Å². The van der Waals surface area contributed by atoms with Crippen molar-refractivity contribution in [1.29, 1.82) is 0 Å². The predicted molar refractivity (Wildman–Crippen MR) is 72.5 cm³/mol. The van der Waals surface area contributed by atoms with Crippen LogP contribution in [0, 0.1) is 6.92 Å². The van der Waals surface area contributed by atoms with Gasteiger partial charge in [0.1, 0.15) is 0 Å². The van der Waals surface area contributed by atoms with Crippen molar-refractivity contribution in [2.75, 3.05) is 13.1 Å². The molecule has 6 nitrogen and oxygen atoms in total. The topological polar surface area (TPSA) is 79.8 Å². The Morgan fingerprint density at radius 3 is 2.74 bits per heavy atom. The fraction of sp³-hybridized carbons (Fsp3) is 0.462. The third-order valence-corrected chi connectivity index (χ3v) is 3.58. The minimum atomic E-state index is -0.573. The molecule has 1 saturated heterocycles. The molecule has 0 atom stereocenters.